The molecule has 0 aromatic rings. The molecule has 2 rings (SSSR count). The zero-order valence-electron chi connectivity index (χ0n) is 7.64. The van der Waals surface area contributed by atoms with Gasteiger partial charge in [-0.05, 0) is 12.5 Å². The number of rotatable bonds is 0. The van der Waals surface area contributed by atoms with Gasteiger partial charge in [-0.1, -0.05) is 23.5 Å². The molecule has 0 aromatic carbocycles. The van der Waals surface area contributed by atoms with Crippen molar-refractivity contribution in [2.24, 2.45) is 15.0 Å². The third kappa shape index (κ3) is 1.57. The summed E-state index contributed by atoms with van der Waals surface area (Å²) in [5.74, 6) is 0.356. The number of carbonyl (C=O) groups excluding carboxylic acids is 1. The van der Waals surface area contributed by atoms with Crippen LogP contribution in [0.2, 0.25) is 0 Å². The van der Waals surface area contributed by atoms with Crippen molar-refractivity contribution < 1.29 is 4.79 Å². The lowest BCUT2D eigenvalue weighted by atomic mass is 10.2. The van der Waals surface area contributed by atoms with Crippen LogP contribution >= 0.6 is 23.5 Å². The number of thioether (sulfide) groups is 2. The molecule has 5 nitrogen and oxygen atoms in total. The van der Waals surface area contributed by atoms with E-state index in [4.69, 9.17) is 0 Å². The first-order chi connectivity index (χ1) is 6.74. The Labute approximate surface area is 89.6 Å². The largest absolute Gasteiger partial charge is 0.303 e. The fourth-order valence-corrected chi connectivity index (χ4v) is 1.90. The van der Waals surface area contributed by atoms with E-state index in [-0.39, 0.29) is 5.91 Å². The second kappa shape index (κ2) is 3.74. The van der Waals surface area contributed by atoms with E-state index in [9.17, 15) is 4.79 Å². The fourth-order valence-electron chi connectivity index (χ4n) is 1.12. The van der Waals surface area contributed by atoms with Crippen LogP contribution in [0.1, 0.15) is 0 Å². The number of nitrogens with zero attached hydrogens (tertiary/aromatic N) is 3. The summed E-state index contributed by atoms with van der Waals surface area (Å²) in [6.07, 6.45) is 3.72. The molecule has 1 unspecified atom stereocenters. The predicted octanol–water partition coefficient (Wildman–Crippen LogP) is 0.335. The molecule has 2 aliphatic rings. The number of hydrogen-bond acceptors (Lipinski definition) is 6. The lowest BCUT2D eigenvalue weighted by Crippen LogP contribution is -2.44. The van der Waals surface area contributed by atoms with E-state index in [0.29, 0.717) is 16.2 Å². The molecule has 0 saturated carbocycles. The minimum absolute atomic E-state index is 0.146. The van der Waals surface area contributed by atoms with E-state index in [2.05, 4.69) is 20.3 Å². The van der Waals surface area contributed by atoms with Crippen LogP contribution in [-0.4, -0.2) is 40.6 Å². The Morgan fingerprint density at radius 2 is 2.07 bits per heavy atom. The van der Waals surface area contributed by atoms with Gasteiger partial charge in [0.2, 0.25) is 0 Å². The van der Waals surface area contributed by atoms with Crippen molar-refractivity contribution >= 4 is 45.6 Å². The number of fused-ring (bicyclic) bond motifs is 1. The van der Waals surface area contributed by atoms with Crippen LogP contribution in [0, 0.1) is 0 Å². The minimum Gasteiger partial charge on any atom is -0.303 e. The summed E-state index contributed by atoms with van der Waals surface area (Å²) >= 11 is 2.80. The smallest absolute Gasteiger partial charge is 0.258 e. The van der Waals surface area contributed by atoms with Gasteiger partial charge >= 0.3 is 0 Å². The highest BCUT2D eigenvalue weighted by Crippen LogP contribution is 2.17. The molecule has 0 aliphatic carbocycles. The molecule has 0 saturated heterocycles. The first kappa shape index (κ1) is 9.72. The van der Waals surface area contributed by atoms with E-state index in [1.165, 1.54) is 23.5 Å². The Hall–Kier alpha value is -0.820. The highest BCUT2D eigenvalue weighted by molar-refractivity contribution is 8.13. The van der Waals surface area contributed by atoms with Gasteiger partial charge in [0.05, 0.1) is 0 Å². The summed E-state index contributed by atoms with van der Waals surface area (Å²) in [6, 6.07) is -0.534. The summed E-state index contributed by atoms with van der Waals surface area (Å²) < 4.78 is 0. The Morgan fingerprint density at radius 3 is 2.71 bits per heavy atom. The summed E-state index contributed by atoms with van der Waals surface area (Å²) in [4.78, 5) is 24.0. The number of hydrogen-bond donors (Lipinski definition) is 1. The van der Waals surface area contributed by atoms with Gasteiger partial charge in [-0.25, -0.2) is 15.0 Å². The zero-order valence-corrected chi connectivity index (χ0v) is 9.28. The molecule has 14 heavy (non-hydrogen) atoms. The van der Waals surface area contributed by atoms with Crippen LogP contribution in [0.5, 0.6) is 0 Å². The monoisotopic (exact) mass is 228 g/mol. The van der Waals surface area contributed by atoms with E-state index in [1.807, 2.05) is 12.5 Å². The molecular formula is C7H8N4OS2. The van der Waals surface area contributed by atoms with Crippen LogP contribution in [0.3, 0.4) is 0 Å². The summed E-state index contributed by atoms with van der Waals surface area (Å²) in [5, 5.41) is 3.86. The first-order valence-electron chi connectivity index (χ1n) is 3.88. The van der Waals surface area contributed by atoms with Gasteiger partial charge in [0.25, 0.3) is 5.91 Å². The Kier molecular flexibility index (Phi) is 2.60. The van der Waals surface area contributed by atoms with Gasteiger partial charge < -0.3 is 5.32 Å². The van der Waals surface area contributed by atoms with Crippen molar-refractivity contribution in [3.05, 3.63) is 0 Å². The molecule has 0 spiro atoms. The second-order valence-corrected chi connectivity index (χ2v) is 4.17. The SMILES string of the molecule is CSC1=NC2C(=O)NC(SC)=NC2=N1. The van der Waals surface area contributed by atoms with E-state index in [0.717, 1.165) is 0 Å². The lowest BCUT2D eigenvalue weighted by Gasteiger charge is -2.15. The number of nitrogens with one attached hydrogen (secondary N) is 1. The Balaban J connectivity index is 2.32. The van der Waals surface area contributed by atoms with E-state index in [1.54, 1.807) is 0 Å². The fraction of sp³-hybridized carbons (Fsp3) is 0.429. The molecular weight excluding hydrogens is 220 g/mol. The quantitative estimate of drug-likeness (QED) is 0.650. The highest BCUT2D eigenvalue weighted by Gasteiger charge is 2.33. The van der Waals surface area contributed by atoms with Crippen molar-refractivity contribution in [2.75, 3.05) is 12.5 Å². The zero-order chi connectivity index (χ0) is 10.1. The molecule has 7 heteroatoms. The molecule has 2 heterocycles. The molecule has 0 aromatic heterocycles. The number of amidine groups is 3. The van der Waals surface area contributed by atoms with Crippen LogP contribution in [-0.2, 0) is 4.79 Å². The maximum atomic E-state index is 11.5. The predicted molar refractivity (Wildman–Crippen MR) is 61.3 cm³/mol. The van der Waals surface area contributed by atoms with Crippen molar-refractivity contribution in [2.45, 2.75) is 6.04 Å². The van der Waals surface area contributed by atoms with Crippen LogP contribution in [0.25, 0.3) is 0 Å². The minimum atomic E-state index is -0.534. The first-order valence-corrected chi connectivity index (χ1v) is 6.33. The molecule has 74 valence electrons. The molecule has 0 radical (unpaired) electrons. The van der Waals surface area contributed by atoms with Crippen molar-refractivity contribution in [1.29, 1.82) is 0 Å². The van der Waals surface area contributed by atoms with E-state index >= 15 is 0 Å². The number of carbonyl (C=O) groups is 1. The maximum absolute atomic E-state index is 11.5. The Bertz CT molecular complexity index is 374. The standard InChI is InChI=1S/C7H8N4OS2/c1-13-6-8-3-4(9-6)10-7(14-2)11-5(3)12/h3H,1-2H3,(H,8,9,10,11,12). The highest BCUT2D eigenvalue weighted by atomic mass is 32.2. The van der Waals surface area contributed by atoms with Crippen molar-refractivity contribution in [3.8, 4) is 0 Å². The van der Waals surface area contributed by atoms with Crippen LogP contribution in [0.15, 0.2) is 15.0 Å². The average molecular weight is 228 g/mol. The van der Waals surface area contributed by atoms with Gasteiger partial charge in [-0.15, -0.1) is 0 Å². The molecule has 0 bridgehead atoms. The Morgan fingerprint density at radius 1 is 1.29 bits per heavy atom. The summed E-state index contributed by atoms with van der Waals surface area (Å²) in [5.41, 5.74) is 0. The molecule has 1 amide bonds. The third-order valence-electron chi connectivity index (χ3n) is 1.76. The summed E-state index contributed by atoms with van der Waals surface area (Å²) in [6.45, 7) is 0. The van der Waals surface area contributed by atoms with E-state index < -0.39 is 6.04 Å². The average Bonchev–Trinajstić information content (AvgIpc) is 2.61. The molecule has 1 N–H and O–H groups in total. The normalized spacial score (nSPS) is 24.9. The number of aliphatic imine (C=N–C) groups is 3. The van der Waals surface area contributed by atoms with Gasteiger partial charge in [0.1, 0.15) is 0 Å². The van der Waals surface area contributed by atoms with Gasteiger partial charge in [0, 0.05) is 0 Å². The molecule has 2 aliphatic heterocycles. The lowest BCUT2D eigenvalue weighted by molar-refractivity contribution is -0.119. The van der Waals surface area contributed by atoms with Crippen LogP contribution in [0.4, 0.5) is 0 Å². The topological polar surface area (TPSA) is 66.2 Å². The summed E-state index contributed by atoms with van der Waals surface area (Å²) in [7, 11) is 0. The second-order valence-electron chi connectivity index (χ2n) is 2.60. The molecule has 0 fully saturated rings. The van der Waals surface area contributed by atoms with Crippen molar-refractivity contribution in [3.63, 3.8) is 0 Å². The number of amides is 1. The molecule has 1 atom stereocenters. The van der Waals surface area contributed by atoms with Gasteiger partial charge in [-0.2, -0.15) is 0 Å². The van der Waals surface area contributed by atoms with Gasteiger partial charge in [-0.3, -0.25) is 4.79 Å². The maximum Gasteiger partial charge on any atom is 0.258 e. The van der Waals surface area contributed by atoms with Crippen LogP contribution < -0.4 is 5.32 Å². The van der Waals surface area contributed by atoms with Gasteiger partial charge in [0.15, 0.2) is 22.2 Å². The van der Waals surface area contributed by atoms with Crippen molar-refractivity contribution in [1.82, 2.24) is 5.32 Å². The third-order valence-corrected chi connectivity index (χ3v) is 2.91.